The summed E-state index contributed by atoms with van der Waals surface area (Å²) in [6, 6.07) is 0. The van der Waals surface area contributed by atoms with Crippen molar-refractivity contribution in [1.29, 1.82) is 0 Å². The molecule has 0 saturated heterocycles. The number of quaternary nitrogens is 1. The molecule has 0 amide bonds. The van der Waals surface area contributed by atoms with Gasteiger partial charge in [0.25, 0.3) is 7.82 Å². The van der Waals surface area contributed by atoms with Gasteiger partial charge < -0.3 is 27.9 Å². The SMILES string of the molecule is CC/C=C\C/C=C\C/C=C\C/C=C\CCC(=O)OC(COC(=O)CCCCCCCCCCCCCCCCCCCCCCC)COP(=O)([O-])OCC[N+](C)(C)C. The average Bonchev–Trinajstić information content (AvgIpc) is 3.17. The first-order valence-corrected chi connectivity index (χ1v) is 24.8. The molecule has 2 unspecified atom stereocenters. The first-order chi connectivity index (χ1) is 28.0. The van der Waals surface area contributed by atoms with Crippen LogP contribution in [0.15, 0.2) is 48.6 Å². The highest BCUT2D eigenvalue weighted by molar-refractivity contribution is 7.45. The molecule has 0 aliphatic carbocycles. The van der Waals surface area contributed by atoms with Crippen LogP contribution in [0.3, 0.4) is 0 Å². The zero-order valence-electron chi connectivity index (χ0n) is 38.0. The lowest BCUT2D eigenvalue weighted by molar-refractivity contribution is -0.870. The Morgan fingerprint density at radius 2 is 0.983 bits per heavy atom. The molecule has 0 heterocycles. The van der Waals surface area contributed by atoms with Gasteiger partial charge in [-0.2, -0.15) is 0 Å². The number of hydrogen-bond acceptors (Lipinski definition) is 8. The van der Waals surface area contributed by atoms with Crippen LogP contribution >= 0.6 is 7.82 Å². The third-order valence-electron chi connectivity index (χ3n) is 9.88. The number of allylic oxidation sites excluding steroid dienone is 8. The first kappa shape index (κ1) is 56.0. The van der Waals surface area contributed by atoms with E-state index in [4.69, 9.17) is 18.5 Å². The molecule has 0 aromatic heterocycles. The van der Waals surface area contributed by atoms with Gasteiger partial charge in [0.15, 0.2) is 6.10 Å². The maximum absolute atomic E-state index is 12.6. The van der Waals surface area contributed by atoms with Gasteiger partial charge >= 0.3 is 11.9 Å². The van der Waals surface area contributed by atoms with Crippen molar-refractivity contribution in [1.82, 2.24) is 0 Å². The van der Waals surface area contributed by atoms with Crippen LogP contribution < -0.4 is 4.89 Å². The van der Waals surface area contributed by atoms with Gasteiger partial charge in [-0.15, -0.1) is 0 Å². The minimum atomic E-state index is -4.64. The maximum Gasteiger partial charge on any atom is 0.306 e. The molecule has 0 rings (SSSR count). The summed E-state index contributed by atoms with van der Waals surface area (Å²) in [6.45, 7) is 4.04. The predicted molar refractivity (Wildman–Crippen MR) is 240 cm³/mol. The van der Waals surface area contributed by atoms with Crippen LogP contribution in [0.4, 0.5) is 0 Å². The first-order valence-electron chi connectivity index (χ1n) is 23.3. The summed E-state index contributed by atoms with van der Waals surface area (Å²) in [6.07, 6.45) is 47.4. The quantitative estimate of drug-likeness (QED) is 0.0196. The summed E-state index contributed by atoms with van der Waals surface area (Å²) in [4.78, 5) is 37.5. The zero-order chi connectivity index (χ0) is 42.8. The number of unbranched alkanes of at least 4 members (excludes halogenated alkanes) is 20. The summed E-state index contributed by atoms with van der Waals surface area (Å²) < 4.78 is 33.8. The van der Waals surface area contributed by atoms with Crippen molar-refractivity contribution in [3.63, 3.8) is 0 Å². The Labute approximate surface area is 356 Å². The number of esters is 2. The van der Waals surface area contributed by atoms with Crippen LogP contribution in [-0.4, -0.2) is 70.0 Å². The molecule has 0 N–H and O–H groups in total. The van der Waals surface area contributed by atoms with E-state index in [-0.39, 0.29) is 26.1 Å². The van der Waals surface area contributed by atoms with Crippen LogP contribution in [0.5, 0.6) is 0 Å². The molecule has 0 radical (unpaired) electrons. The highest BCUT2D eigenvalue weighted by atomic mass is 31.2. The molecule has 338 valence electrons. The topological polar surface area (TPSA) is 111 Å². The van der Waals surface area contributed by atoms with Crippen molar-refractivity contribution in [3.05, 3.63) is 48.6 Å². The summed E-state index contributed by atoms with van der Waals surface area (Å²) in [5.41, 5.74) is 0. The van der Waals surface area contributed by atoms with Gasteiger partial charge in [-0.25, -0.2) is 0 Å². The number of carbonyl (C=O) groups excluding carboxylic acids is 2. The Morgan fingerprint density at radius 3 is 1.43 bits per heavy atom. The van der Waals surface area contributed by atoms with Gasteiger partial charge in [-0.1, -0.05) is 191 Å². The van der Waals surface area contributed by atoms with E-state index in [0.717, 1.165) is 44.9 Å². The Kier molecular flexibility index (Phi) is 39.0. The Balaban J connectivity index is 4.29. The van der Waals surface area contributed by atoms with E-state index in [9.17, 15) is 19.0 Å². The van der Waals surface area contributed by atoms with Crippen molar-refractivity contribution in [2.75, 3.05) is 47.5 Å². The van der Waals surface area contributed by atoms with E-state index < -0.39 is 32.5 Å². The molecule has 0 aliphatic rings. The van der Waals surface area contributed by atoms with Crippen LogP contribution in [0.25, 0.3) is 0 Å². The molecule has 2 atom stereocenters. The summed E-state index contributed by atoms with van der Waals surface area (Å²) in [5.74, 6) is -0.925. The lowest BCUT2D eigenvalue weighted by Gasteiger charge is -2.28. The number of ether oxygens (including phenoxy) is 2. The van der Waals surface area contributed by atoms with Crippen LogP contribution in [0, 0.1) is 0 Å². The van der Waals surface area contributed by atoms with Gasteiger partial charge in [-0.05, 0) is 38.5 Å². The molecule has 0 saturated carbocycles. The standard InChI is InChI=1S/C48H88NO8P/c1-6-8-10-12-14-16-18-20-21-22-23-24-25-26-27-29-30-32-34-36-38-40-47(50)54-44-46(45-56-58(52,53)55-43-42-49(3,4)5)57-48(51)41-39-37-35-33-31-28-19-17-15-13-11-9-7-2/h9,11,15,17,28,31,35,37,46H,6-8,10,12-14,16,18-27,29-30,32-34,36,38-45H2,1-5H3/b11-9-,17-15-,31-28-,37-35-. The lowest BCUT2D eigenvalue weighted by Crippen LogP contribution is -2.37. The number of hydrogen-bond donors (Lipinski definition) is 0. The van der Waals surface area contributed by atoms with Crippen molar-refractivity contribution >= 4 is 19.8 Å². The van der Waals surface area contributed by atoms with Gasteiger partial charge in [0.2, 0.25) is 0 Å². The van der Waals surface area contributed by atoms with E-state index in [0.29, 0.717) is 17.4 Å². The minimum absolute atomic E-state index is 0.0436. The van der Waals surface area contributed by atoms with Gasteiger partial charge in [0.05, 0.1) is 27.7 Å². The van der Waals surface area contributed by atoms with Gasteiger partial charge in [0, 0.05) is 12.8 Å². The number of rotatable bonds is 42. The number of nitrogens with zero attached hydrogens (tertiary/aromatic N) is 1. The number of phosphoric acid groups is 1. The third-order valence-corrected chi connectivity index (χ3v) is 10.8. The smallest absolute Gasteiger partial charge is 0.306 e. The molecule has 0 aromatic carbocycles. The molecule has 58 heavy (non-hydrogen) atoms. The van der Waals surface area contributed by atoms with E-state index in [1.54, 1.807) is 0 Å². The van der Waals surface area contributed by atoms with Gasteiger partial charge in [0.1, 0.15) is 19.8 Å². The molecule has 0 fully saturated rings. The van der Waals surface area contributed by atoms with Gasteiger partial charge in [-0.3, -0.25) is 14.2 Å². The lowest BCUT2D eigenvalue weighted by atomic mass is 10.0. The number of likely N-dealkylation sites (N-methyl/N-ethyl adjacent to an activating group) is 1. The summed E-state index contributed by atoms with van der Waals surface area (Å²) >= 11 is 0. The summed E-state index contributed by atoms with van der Waals surface area (Å²) in [7, 11) is 1.12. The van der Waals surface area contributed by atoms with Crippen molar-refractivity contribution < 1.29 is 42.1 Å². The Bertz CT molecular complexity index is 1130. The zero-order valence-corrected chi connectivity index (χ0v) is 38.9. The third kappa shape index (κ3) is 43.5. The second-order valence-electron chi connectivity index (χ2n) is 16.7. The number of carbonyl (C=O) groups is 2. The predicted octanol–water partition coefficient (Wildman–Crippen LogP) is 12.8. The van der Waals surface area contributed by atoms with E-state index in [1.807, 2.05) is 33.3 Å². The maximum atomic E-state index is 12.6. The molecular formula is C48H88NO8P. The second-order valence-corrected chi connectivity index (χ2v) is 18.2. The molecule has 10 heteroatoms. The van der Waals surface area contributed by atoms with E-state index in [1.165, 1.54) is 116 Å². The fourth-order valence-electron chi connectivity index (χ4n) is 6.26. The molecule has 9 nitrogen and oxygen atoms in total. The molecule has 0 spiro atoms. The van der Waals surface area contributed by atoms with Crippen LogP contribution in [-0.2, 0) is 32.7 Å². The van der Waals surface area contributed by atoms with Crippen LogP contribution in [0.2, 0.25) is 0 Å². The molecular weight excluding hydrogens is 750 g/mol. The van der Waals surface area contributed by atoms with Crippen molar-refractivity contribution in [2.24, 2.45) is 0 Å². The fraction of sp³-hybridized carbons (Fsp3) is 0.792. The highest BCUT2D eigenvalue weighted by Crippen LogP contribution is 2.38. The monoisotopic (exact) mass is 838 g/mol. The molecule has 0 aromatic rings. The minimum Gasteiger partial charge on any atom is -0.756 e. The normalized spacial score (nSPS) is 14.0. The molecule has 0 aliphatic heterocycles. The molecule has 0 bridgehead atoms. The number of phosphoric ester groups is 1. The Hall–Kier alpha value is -2.03. The second kappa shape index (κ2) is 40.4. The highest BCUT2D eigenvalue weighted by Gasteiger charge is 2.21. The average molecular weight is 838 g/mol. The van der Waals surface area contributed by atoms with E-state index in [2.05, 4.69) is 50.3 Å². The van der Waals surface area contributed by atoms with E-state index >= 15 is 0 Å². The summed E-state index contributed by atoms with van der Waals surface area (Å²) in [5, 5.41) is 0. The van der Waals surface area contributed by atoms with Crippen molar-refractivity contribution in [3.8, 4) is 0 Å². The fourth-order valence-corrected chi connectivity index (χ4v) is 6.99. The van der Waals surface area contributed by atoms with Crippen molar-refractivity contribution in [2.45, 2.75) is 200 Å². The van der Waals surface area contributed by atoms with Crippen LogP contribution in [0.1, 0.15) is 194 Å². The largest absolute Gasteiger partial charge is 0.756 e. The Morgan fingerprint density at radius 1 is 0.552 bits per heavy atom.